The van der Waals surface area contributed by atoms with Gasteiger partial charge in [-0.15, -0.1) is 0 Å². The van der Waals surface area contributed by atoms with Crippen molar-refractivity contribution in [3.63, 3.8) is 0 Å². The fourth-order valence-corrected chi connectivity index (χ4v) is 1.70. The number of benzene rings is 1. The molecule has 2 nitrogen and oxygen atoms in total. The van der Waals surface area contributed by atoms with Crippen molar-refractivity contribution in [2.45, 2.75) is 0 Å². The van der Waals surface area contributed by atoms with Crippen LogP contribution < -0.4 is 5.73 Å². The Bertz CT molecular complexity index is 443. The Morgan fingerprint density at radius 1 is 1.07 bits per heavy atom. The van der Waals surface area contributed by atoms with E-state index in [1.165, 1.54) is 5.56 Å². The van der Waals surface area contributed by atoms with Crippen LogP contribution in [-0.2, 0) is 7.05 Å². The predicted octanol–water partition coefficient (Wildman–Crippen LogP) is 3.04. The van der Waals surface area contributed by atoms with Gasteiger partial charge in [-0.2, -0.15) is 0 Å². The van der Waals surface area contributed by atoms with Gasteiger partial charge in [0.2, 0.25) is 0 Å². The molecule has 2 aromatic rings. The summed E-state index contributed by atoms with van der Waals surface area (Å²) in [6.45, 7) is 0. The highest BCUT2D eigenvalue weighted by Gasteiger charge is 2.03. The largest absolute Gasteiger partial charge is 0.385 e. The summed E-state index contributed by atoms with van der Waals surface area (Å²) in [5.41, 5.74) is 8.07. The predicted molar refractivity (Wildman–Crippen MR) is 63.0 cm³/mol. The molecule has 1 aromatic heterocycles. The van der Waals surface area contributed by atoms with Crippen LogP contribution in [-0.4, -0.2) is 4.57 Å². The van der Waals surface area contributed by atoms with Crippen LogP contribution in [0.4, 0.5) is 5.82 Å². The van der Waals surface area contributed by atoms with Gasteiger partial charge >= 0.3 is 0 Å². The van der Waals surface area contributed by atoms with Crippen molar-refractivity contribution in [1.82, 2.24) is 4.57 Å². The molecule has 0 aliphatic carbocycles. The molecule has 0 fully saturated rings. The molecular weight excluding hydrogens is 240 g/mol. The molecule has 1 aromatic carbocycles. The van der Waals surface area contributed by atoms with Gasteiger partial charge in [0.25, 0.3) is 0 Å². The Morgan fingerprint density at radius 2 is 1.71 bits per heavy atom. The van der Waals surface area contributed by atoms with Gasteiger partial charge in [0.15, 0.2) is 0 Å². The lowest BCUT2D eigenvalue weighted by molar-refractivity contribution is 0.950. The zero-order chi connectivity index (χ0) is 10.1. The second kappa shape index (κ2) is 3.50. The lowest BCUT2D eigenvalue weighted by Crippen LogP contribution is -1.97. The third kappa shape index (κ3) is 1.55. The summed E-state index contributed by atoms with van der Waals surface area (Å²) in [7, 11) is 1.96. The second-order valence-electron chi connectivity index (χ2n) is 3.21. The zero-order valence-electron chi connectivity index (χ0n) is 7.87. The van der Waals surface area contributed by atoms with E-state index in [2.05, 4.69) is 28.1 Å². The molecule has 0 aliphatic rings. The highest BCUT2D eigenvalue weighted by atomic mass is 79.9. The van der Waals surface area contributed by atoms with E-state index in [1.54, 1.807) is 0 Å². The molecule has 0 unspecified atom stereocenters. The molecule has 0 saturated heterocycles. The average Bonchev–Trinajstić information content (AvgIpc) is 2.50. The van der Waals surface area contributed by atoms with E-state index in [1.807, 2.05) is 35.9 Å². The molecule has 0 bridgehead atoms. The van der Waals surface area contributed by atoms with Crippen molar-refractivity contribution in [3.05, 3.63) is 40.9 Å². The van der Waals surface area contributed by atoms with E-state index >= 15 is 0 Å². The standard InChI is InChI=1S/C11H11BrN2/c1-14-10(6-7-11(14)13)8-2-4-9(12)5-3-8/h2-7H,13H2,1H3. The van der Waals surface area contributed by atoms with Crippen molar-refractivity contribution >= 4 is 21.7 Å². The van der Waals surface area contributed by atoms with Gasteiger partial charge in [0, 0.05) is 17.2 Å². The maximum Gasteiger partial charge on any atom is 0.103 e. The van der Waals surface area contributed by atoms with Crippen LogP contribution in [0.3, 0.4) is 0 Å². The van der Waals surface area contributed by atoms with Crippen LogP contribution in [0, 0.1) is 0 Å². The average molecular weight is 251 g/mol. The van der Waals surface area contributed by atoms with Gasteiger partial charge in [-0.25, -0.2) is 0 Å². The third-order valence-corrected chi connectivity index (χ3v) is 2.83. The minimum absolute atomic E-state index is 0.780. The molecule has 14 heavy (non-hydrogen) atoms. The first-order valence-corrected chi connectivity index (χ1v) is 5.15. The highest BCUT2D eigenvalue weighted by Crippen LogP contribution is 2.24. The molecule has 2 rings (SSSR count). The van der Waals surface area contributed by atoms with Gasteiger partial charge in [0.1, 0.15) is 5.82 Å². The van der Waals surface area contributed by atoms with E-state index < -0.39 is 0 Å². The molecule has 0 atom stereocenters. The lowest BCUT2D eigenvalue weighted by Gasteiger charge is -2.04. The van der Waals surface area contributed by atoms with Crippen molar-refractivity contribution in [1.29, 1.82) is 0 Å². The Morgan fingerprint density at radius 3 is 2.21 bits per heavy atom. The lowest BCUT2D eigenvalue weighted by atomic mass is 10.1. The first kappa shape index (κ1) is 9.34. The number of nitrogens with zero attached hydrogens (tertiary/aromatic N) is 1. The first-order chi connectivity index (χ1) is 6.68. The Kier molecular flexibility index (Phi) is 2.33. The topological polar surface area (TPSA) is 30.9 Å². The van der Waals surface area contributed by atoms with E-state index in [-0.39, 0.29) is 0 Å². The van der Waals surface area contributed by atoms with Crippen LogP contribution in [0.25, 0.3) is 11.3 Å². The number of rotatable bonds is 1. The molecule has 2 N–H and O–H groups in total. The summed E-state index contributed by atoms with van der Waals surface area (Å²) >= 11 is 3.41. The Hall–Kier alpha value is -1.22. The highest BCUT2D eigenvalue weighted by molar-refractivity contribution is 9.10. The van der Waals surface area contributed by atoms with Gasteiger partial charge in [0.05, 0.1) is 0 Å². The third-order valence-electron chi connectivity index (χ3n) is 2.30. The number of hydrogen-bond donors (Lipinski definition) is 1. The van der Waals surface area contributed by atoms with Crippen LogP contribution in [0.15, 0.2) is 40.9 Å². The van der Waals surface area contributed by atoms with Crippen LogP contribution >= 0.6 is 15.9 Å². The summed E-state index contributed by atoms with van der Waals surface area (Å²) in [6, 6.07) is 12.1. The molecule has 72 valence electrons. The molecule has 0 aliphatic heterocycles. The van der Waals surface area contributed by atoms with E-state index in [0.29, 0.717) is 0 Å². The zero-order valence-corrected chi connectivity index (χ0v) is 9.45. The Balaban J connectivity index is 2.49. The number of nitrogens with two attached hydrogens (primary N) is 1. The van der Waals surface area contributed by atoms with Crippen molar-refractivity contribution < 1.29 is 0 Å². The van der Waals surface area contributed by atoms with E-state index in [4.69, 9.17) is 5.73 Å². The van der Waals surface area contributed by atoms with E-state index in [9.17, 15) is 0 Å². The molecule has 0 amide bonds. The van der Waals surface area contributed by atoms with Gasteiger partial charge in [-0.05, 0) is 29.8 Å². The molecule has 1 heterocycles. The summed E-state index contributed by atoms with van der Waals surface area (Å²) in [5.74, 6) is 0.780. The van der Waals surface area contributed by atoms with Crippen LogP contribution in [0.1, 0.15) is 0 Å². The van der Waals surface area contributed by atoms with Crippen molar-refractivity contribution in [2.24, 2.45) is 7.05 Å². The Labute approximate surface area is 91.5 Å². The minimum atomic E-state index is 0.780. The smallest absolute Gasteiger partial charge is 0.103 e. The van der Waals surface area contributed by atoms with Gasteiger partial charge in [-0.3, -0.25) is 0 Å². The maximum atomic E-state index is 5.76. The van der Waals surface area contributed by atoms with Crippen molar-refractivity contribution in [2.75, 3.05) is 5.73 Å². The summed E-state index contributed by atoms with van der Waals surface area (Å²) < 4.78 is 3.06. The quantitative estimate of drug-likeness (QED) is 0.829. The van der Waals surface area contributed by atoms with Crippen molar-refractivity contribution in [3.8, 4) is 11.3 Å². The SMILES string of the molecule is Cn1c(N)ccc1-c1ccc(Br)cc1. The number of aromatic nitrogens is 1. The maximum absolute atomic E-state index is 5.76. The molecular formula is C11H11BrN2. The molecule has 0 spiro atoms. The monoisotopic (exact) mass is 250 g/mol. The van der Waals surface area contributed by atoms with Crippen LogP contribution in [0.2, 0.25) is 0 Å². The molecule has 0 radical (unpaired) electrons. The number of anilines is 1. The fraction of sp³-hybridized carbons (Fsp3) is 0.0909. The summed E-state index contributed by atoms with van der Waals surface area (Å²) in [4.78, 5) is 0. The fourth-order valence-electron chi connectivity index (χ4n) is 1.44. The molecule has 0 saturated carbocycles. The second-order valence-corrected chi connectivity index (χ2v) is 4.13. The number of hydrogen-bond acceptors (Lipinski definition) is 1. The van der Waals surface area contributed by atoms with Gasteiger partial charge < -0.3 is 10.3 Å². The van der Waals surface area contributed by atoms with E-state index in [0.717, 1.165) is 16.0 Å². The summed E-state index contributed by atoms with van der Waals surface area (Å²) in [6.07, 6.45) is 0. The van der Waals surface area contributed by atoms with Gasteiger partial charge in [-0.1, -0.05) is 28.1 Å². The number of nitrogen functional groups attached to an aromatic ring is 1. The minimum Gasteiger partial charge on any atom is -0.385 e. The first-order valence-electron chi connectivity index (χ1n) is 4.35. The van der Waals surface area contributed by atoms with Crippen LogP contribution in [0.5, 0.6) is 0 Å². The molecule has 3 heteroatoms. The normalized spacial score (nSPS) is 10.4. The number of halogens is 1. The summed E-state index contributed by atoms with van der Waals surface area (Å²) in [5, 5.41) is 0.